The van der Waals surface area contributed by atoms with Crippen LogP contribution in [0.1, 0.15) is 23.3 Å². The van der Waals surface area contributed by atoms with Crippen molar-refractivity contribution >= 4 is 39.0 Å². The van der Waals surface area contributed by atoms with Gasteiger partial charge < -0.3 is 9.64 Å². The summed E-state index contributed by atoms with van der Waals surface area (Å²) in [6.07, 6.45) is 7.74. The maximum Gasteiger partial charge on any atom is 0.157 e. The van der Waals surface area contributed by atoms with E-state index in [9.17, 15) is 0 Å². The molecule has 0 aromatic carbocycles. The first-order chi connectivity index (χ1) is 12.7. The number of aryl methyl sites for hydroxylation is 1. The minimum absolute atomic E-state index is 0.743. The zero-order valence-corrected chi connectivity index (χ0v) is 15.7. The maximum absolute atomic E-state index is 5.49. The number of nitrogens with zero attached hydrogens (tertiary/aromatic N) is 4. The van der Waals surface area contributed by atoms with Gasteiger partial charge in [0.05, 0.1) is 29.1 Å². The lowest BCUT2D eigenvalue weighted by molar-refractivity contribution is 0.122. The fraction of sp³-hybridized carbons (Fsp3) is 0.316. The molecule has 1 N–H and O–H groups in total. The number of hydrogen-bond acceptors (Lipinski definition) is 6. The smallest absolute Gasteiger partial charge is 0.157 e. The number of fused-ring (bicyclic) bond motifs is 1. The van der Waals surface area contributed by atoms with Crippen LogP contribution in [0.5, 0.6) is 0 Å². The van der Waals surface area contributed by atoms with E-state index in [1.807, 2.05) is 31.2 Å². The lowest BCUT2D eigenvalue weighted by Crippen LogP contribution is -2.37. The van der Waals surface area contributed by atoms with Crippen LogP contribution in [-0.4, -0.2) is 46.5 Å². The van der Waals surface area contributed by atoms with Crippen LogP contribution in [0.2, 0.25) is 0 Å². The first kappa shape index (κ1) is 16.9. The third kappa shape index (κ3) is 3.54. The van der Waals surface area contributed by atoms with E-state index in [1.165, 1.54) is 4.88 Å². The maximum atomic E-state index is 5.49. The van der Waals surface area contributed by atoms with Crippen molar-refractivity contribution in [1.82, 2.24) is 20.2 Å². The molecule has 7 heteroatoms. The number of nitrogens with one attached hydrogen (secondary N) is 1. The Balaban J connectivity index is 1.70. The van der Waals surface area contributed by atoms with E-state index in [-0.39, 0.29) is 0 Å². The number of H-pyrrole nitrogens is 1. The molecule has 0 spiro atoms. The van der Waals surface area contributed by atoms with Crippen LogP contribution in [0.15, 0.2) is 30.5 Å². The predicted octanol–water partition coefficient (Wildman–Crippen LogP) is 3.68. The third-order valence-corrected chi connectivity index (χ3v) is 5.32. The molecular formula is C19H21N5OS. The molecule has 134 valence electrons. The average molecular weight is 367 g/mol. The van der Waals surface area contributed by atoms with Crippen molar-refractivity contribution in [2.45, 2.75) is 13.8 Å². The Morgan fingerprint density at radius 2 is 2.15 bits per heavy atom. The molecule has 0 amide bonds. The Morgan fingerprint density at radius 1 is 1.31 bits per heavy atom. The summed E-state index contributed by atoms with van der Waals surface area (Å²) in [5.41, 5.74) is 3.01. The largest absolute Gasteiger partial charge is 0.378 e. The van der Waals surface area contributed by atoms with E-state index in [0.717, 1.165) is 59.4 Å². The van der Waals surface area contributed by atoms with Gasteiger partial charge in [-0.1, -0.05) is 12.2 Å². The van der Waals surface area contributed by atoms with E-state index >= 15 is 0 Å². The van der Waals surface area contributed by atoms with Crippen molar-refractivity contribution in [1.29, 1.82) is 0 Å². The summed E-state index contributed by atoms with van der Waals surface area (Å²) in [6.45, 7) is 7.38. The molecule has 6 nitrogen and oxygen atoms in total. The minimum atomic E-state index is 0.743. The molecule has 3 aromatic heterocycles. The molecule has 0 radical (unpaired) electrons. The van der Waals surface area contributed by atoms with Crippen LogP contribution >= 0.6 is 11.3 Å². The van der Waals surface area contributed by atoms with E-state index in [0.29, 0.717) is 0 Å². The number of ether oxygens (including phenoxy) is 1. The van der Waals surface area contributed by atoms with E-state index in [2.05, 4.69) is 28.1 Å². The molecule has 0 atom stereocenters. The zero-order chi connectivity index (χ0) is 17.9. The SMILES string of the molecule is C/C(=C\C=C/c1ccn[nH]1)c1nc(N2CCOCC2)c2sc(C)cc2n1. The molecule has 4 heterocycles. The summed E-state index contributed by atoms with van der Waals surface area (Å²) >= 11 is 1.76. The lowest BCUT2D eigenvalue weighted by atomic mass is 10.2. The highest BCUT2D eigenvalue weighted by atomic mass is 32.1. The van der Waals surface area contributed by atoms with Gasteiger partial charge in [-0.25, -0.2) is 9.97 Å². The number of allylic oxidation sites excluding steroid dienone is 3. The van der Waals surface area contributed by atoms with Gasteiger partial charge >= 0.3 is 0 Å². The monoisotopic (exact) mass is 367 g/mol. The fourth-order valence-electron chi connectivity index (χ4n) is 2.93. The molecule has 0 saturated carbocycles. The second kappa shape index (κ2) is 7.39. The Kier molecular flexibility index (Phi) is 4.81. The number of thiophene rings is 1. The van der Waals surface area contributed by atoms with Crippen LogP contribution in [0, 0.1) is 6.92 Å². The van der Waals surface area contributed by atoms with Gasteiger partial charge in [0.15, 0.2) is 11.6 Å². The molecule has 1 aliphatic heterocycles. The van der Waals surface area contributed by atoms with Gasteiger partial charge in [0, 0.05) is 24.2 Å². The average Bonchev–Trinajstić information content (AvgIpc) is 3.30. The van der Waals surface area contributed by atoms with Crippen LogP contribution in [0.25, 0.3) is 21.9 Å². The zero-order valence-electron chi connectivity index (χ0n) is 14.9. The van der Waals surface area contributed by atoms with Crippen molar-refractivity contribution in [3.8, 4) is 0 Å². The summed E-state index contributed by atoms with van der Waals surface area (Å²) in [5, 5.41) is 6.86. The summed E-state index contributed by atoms with van der Waals surface area (Å²) in [4.78, 5) is 13.2. The molecule has 0 bridgehead atoms. The second-order valence-electron chi connectivity index (χ2n) is 6.26. The third-order valence-electron chi connectivity index (χ3n) is 4.28. The van der Waals surface area contributed by atoms with E-state index < -0.39 is 0 Å². The van der Waals surface area contributed by atoms with Crippen molar-refractivity contribution in [3.05, 3.63) is 46.9 Å². The van der Waals surface area contributed by atoms with Crippen LogP contribution in [-0.2, 0) is 4.74 Å². The van der Waals surface area contributed by atoms with Gasteiger partial charge in [0.1, 0.15) is 0 Å². The van der Waals surface area contributed by atoms with Crippen molar-refractivity contribution in [2.24, 2.45) is 0 Å². The van der Waals surface area contributed by atoms with Gasteiger partial charge in [-0.2, -0.15) is 5.10 Å². The highest BCUT2D eigenvalue weighted by Gasteiger charge is 2.19. The van der Waals surface area contributed by atoms with Gasteiger partial charge in [0.2, 0.25) is 0 Å². The number of rotatable bonds is 4. The van der Waals surface area contributed by atoms with E-state index in [4.69, 9.17) is 14.7 Å². The van der Waals surface area contributed by atoms with Gasteiger partial charge in [0.25, 0.3) is 0 Å². The van der Waals surface area contributed by atoms with Gasteiger partial charge in [-0.15, -0.1) is 11.3 Å². The predicted molar refractivity (Wildman–Crippen MR) is 106 cm³/mol. The van der Waals surface area contributed by atoms with E-state index in [1.54, 1.807) is 17.5 Å². The first-order valence-corrected chi connectivity index (χ1v) is 9.48. The Labute approximate surface area is 156 Å². The molecule has 1 fully saturated rings. The summed E-state index contributed by atoms with van der Waals surface area (Å²) in [6, 6.07) is 4.07. The van der Waals surface area contributed by atoms with Crippen molar-refractivity contribution < 1.29 is 4.74 Å². The molecule has 0 aliphatic carbocycles. The molecule has 26 heavy (non-hydrogen) atoms. The lowest BCUT2D eigenvalue weighted by Gasteiger charge is -2.28. The quantitative estimate of drug-likeness (QED) is 0.713. The van der Waals surface area contributed by atoms with Crippen molar-refractivity contribution in [3.63, 3.8) is 0 Å². The molecule has 0 unspecified atom stereocenters. The summed E-state index contributed by atoms with van der Waals surface area (Å²) in [7, 11) is 0. The van der Waals surface area contributed by atoms with Crippen molar-refractivity contribution in [2.75, 3.05) is 31.2 Å². The standard InChI is InChI=1S/C19H21N5OS/c1-13(4-3-5-15-6-7-20-23-15)18-21-16-12-14(2)26-17(16)19(22-18)24-8-10-25-11-9-24/h3-7,12H,8-11H2,1-2H3,(H,20,23)/b5-3-,13-4+. The highest BCUT2D eigenvalue weighted by molar-refractivity contribution is 7.19. The summed E-state index contributed by atoms with van der Waals surface area (Å²) < 4.78 is 6.66. The molecule has 1 aliphatic rings. The Hall–Kier alpha value is -2.51. The normalized spacial score (nSPS) is 16.1. The number of aromatic amines is 1. The molecular weight excluding hydrogens is 346 g/mol. The summed E-state index contributed by atoms with van der Waals surface area (Å²) in [5.74, 6) is 1.79. The Morgan fingerprint density at radius 3 is 2.92 bits per heavy atom. The van der Waals surface area contributed by atoms with Gasteiger partial charge in [-0.3, -0.25) is 5.10 Å². The van der Waals surface area contributed by atoms with Crippen LogP contribution in [0.3, 0.4) is 0 Å². The van der Waals surface area contributed by atoms with Crippen LogP contribution in [0.4, 0.5) is 5.82 Å². The second-order valence-corrected chi connectivity index (χ2v) is 7.52. The highest BCUT2D eigenvalue weighted by Crippen LogP contribution is 2.33. The minimum Gasteiger partial charge on any atom is -0.378 e. The number of hydrogen-bond donors (Lipinski definition) is 1. The Bertz CT molecular complexity index is 952. The van der Waals surface area contributed by atoms with Gasteiger partial charge in [-0.05, 0) is 37.6 Å². The van der Waals surface area contributed by atoms with Crippen LogP contribution < -0.4 is 4.90 Å². The first-order valence-electron chi connectivity index (χ1n) is 8.66. The molecule has 3 aromatic rings. The number of anilines is 1. The number of aromatic nitrogens is 4. The molecule has 1 saturated heterocycles. The topological polar surface area (TPSA) is 66.9 Å². The number of morpholine rings is 1. The molecule has 4 rings (SSSR count). The fourth-order valence-corrected chi connectivity index (χ4v) is 3.90.